The molecule has 0 unspecified atom stereocenters. The summed E-state index contributed by atoms with van der Waals surface area (Å²) in [6, 6.07) is 11.3. The number of halogens is 3. The summed E-state index contributed by atoms with van der Waals surface area (Å²) in [5, 5.41) is 12.7. The van der Waals surface area contributed by atoms with Gasteiger partial charge in [-0.3, -0.25) is 4.98 Å². The molecule has 0 amide bonds. The summed E-state index contributed by atoms with van der Waals surface area (Å²) in [5.74, 6) is -3.07. The minimum absolute atomic E-state index is 0. The molecule has 7 heteroatoms. The van der Waals surface area contributed by atoms with Crippen LogP contribution in [0, 0.1) is 11.3 Å². The first kappa shape index (κ1) is 22.9. The third-order valence-electron chi connectivity index (χ3n) is 4.11. The summed E-state index contributed by atoms with van der Waals surface area (Å²) < 4.78 is 41.9. The number of pyridine rings is 1. The molecule has 0 spiro atoms. The molecular weight excluding hydrogens is 390 g/mol. The van der Waals surface area contributed by atoms with Crippen LogP contribution in [0.15, 0.2) is 42.1 Å². The van der Waals surface area contributed by atoms with Gasteiger partial charge in [0.1, 0.15) is 5.67 Å². The molecule has 0 N–H and O–H groups in total. The van der Waals surface area contributed by atoms with E-state index in [0.29, 0.717) is 28.3 Å². The molecule has 1 aromatic heterocycles. The topological polar surface area (TPSA) is 50.8 Å². The smallest absolute Gasteiger partial charge is 0.649 e. The average molecular weight is 407 g/mol. The quantitative estimate of drug-likeness (QED) is 0.715. The van der Waals surface area contributed by atoms with Crippen molar-refractivity contribution in [2.24, 2.45) is 0 Å². The predicted octanol–water partition coefficient (Wildman–Crippen LogP) is 3.15. The normalized spacial score (nSPS) is 13.8. The maximum Gasteiger partial charge on any atom is 1.00 e. The van der Waals surface area contributed by atoms with Gasteiger partial charge in [-0.15, -0.1) is 5.70 Å². The van der Waals surface area contributed by atoms with Crippen LogP contribution in [-0.4, -0.2) is 4.98 Å². The molecular formula is C21H17F3KN3. The Balaban J connectivity index is 0.00000280. The second kappa shape index (κ2) is 8.52. The van der Waals surface area contributed by atoms with Gasteiger partial charge in [-0.2, -0.15) is 5.26 Å². The van der Waals surface area contributed by atoms with Gasteiger partial charge >= 0.3 is 51.4 Å². The van der Waals surface area contributed by atoms with Crippen molar-refractivity contribution in [1.29, 1.82) is 5.26 Å². The van der Waals surface area contributed by atoms with Gasteiger partial charge in [0.05, 0.1) is 11.8 Å². The van der Waals surface area contributed by atoms with Gasteiger partial charge in [0.15, 0.2) is 0 Å². The van der Waals surface area contributed by atoms with E-state index in [4.69, 9.17) is 5.26 Å². The van der Waals surface area contributed by atoms with E-state index >= 15 is 0 Å². The van der Waals surface area contributed by atoms with Crippen molar-refractivity contribution in [3.05, 3.63) is 75.5 Å². The maximum absolute atomic E-state index is 14.3. The van der Waals surface area contributed by atoms with Crippen LogP contribution >= 0.6 is 0 Å². The molecule has 2 heterocycles. The van der Waals surface area contributed by atoms with E-state index in [-0.39, 0.29) is 62.5 Å². The number of hydrogen-bond donors (Lipinski definition) is 0. The Morgan fingerprint density at radius 2 is 1.71 bits per heavy atom. The van der Waals surface area contributed by atoms with Crippen LogP contribution in [0.3, 0.4) is 0 Å². The molecule has 28 heavy (non-hydrogen) atoms. The number of nitriles is 1. The molecule has 0 aliphatic carbocycles. The summed E-state index contributed by atoms with van der Waals surface area (Å²) in [6.07, 6.45) is 3.26. The van der Waals surface area contributed by atoms with Gasteiger partial charge in [0, 0.05) is 18.2 Å². The van der Waals surface area contributed by atoms with Crippen molar-refractivity contribution in [2.75, 3.05) is 0 Å². The Morgan fingerprint density at radius 3 is 2.29 bits per heavy atom. The minimum atomic E-state index is -3.07. The number of aromatic nitrogens is 1. The Morgan fingerprint density at radius 1 is 1.04 bits per heavy atom. The second-order valence-corrected chi connectivity index (χ2v) is 6.91. The second-order valence-electron chi connectivity index (χ2n) is 6.91. The monoisotopic (exact) mass is 407 g/mol. The van der Waals surface area contributed by atoms with Gasteiger partial charge in [0.2, 0.25) is 0 Å². The van der Waals surface area contributed by atoms with Gasteiger partial charge in [0.25, 0.3) is 5.92 Å². The molecule has 0 bridgehead atoms. The molecule has 3 rings (SSSR count). The Hall–Kier alpha value is -1.43. The molecule has 0 atom stereocenters. The van der Waals surface area contributed by atoms with E-state index in [1.54, 1.807) is 36.4 Å². The van der Waals surface area contributed by atoms with E-state index in [9.17, 15) is 13.2 Å². The predicted molar refractivity (Wildman–Crippen MR) is 99.2 cm³/mol. The van der Waals surface area contributed by atoms with Crippen LogP contribution in [0.1, 0.15) is 48.8 Å². The van der Waals surface area contributed by atoms with Crippen molar-refractivity contribution in [3.8, 4) is 6.07 Å². The zero-order chi connectivity index (χ0) is 19.8. The maximum atomic E-state index is 14.3. The van der Waals surface area contributed by atoms with Crippen LogP contribution in [0.5, 0.6) is 0 Å². The van der Waals surface area contributed by atoms with Crippen molar-refractivity contribution in [3.63, 3.8) is 0 Å². The SMILES string of the molecule is CC(C)(F)c1cc(/C=C/c2cccc(C3=C(C#N)[N-]3)n2)cc(C(C)(F)F)c1.[K+]. The molecule has 2 aromatic rings. The largest absolute Gasteiger partial charge is 1.00 e. The van der Waals surface area contributed by atoms with Crippen LogP contribution in [0.2, 0.25) is 0 Å². The Kier molecular flexibility index (Phi) is 6.95. The molecule has 1 aromatic carbocycles. The molecule has 3 nitrogen and oxygen atoms in total. The molecule has 0 radical (unpaired) electrons. The Bertz CT molecular complexity index is 961. The number of alkyl halides is 3. The fourth-order valence-electron chi connectivity index (χ4n) is 2.54. The standard InChI is InChI=1S/C21H17F3N3.K/c1-20(2,22)14-9-13(10-15(11-14)21(3,23)24)7-8-16-5-4-6-17(26-16)19-18(12-25)27-19;/h4-11H,1-3H3;/q-1;+1/b8-7+;. The van der Waals surface area contributed by atoms with Crippen molar-refractivity contribution in [1.82, 2.24) is 4.98 Å². The van der Waals surface area contributed by atoms with E-state index in [2.05, 4.69) is 10.3 Å². The zero-order valence-electron chi connectivity index (χ0n) is 16.1. The molecule has 0 saturated carbocycles. The van der Waals surface area contributed by atoms with Crippen molar-refractivity contribution in [2.45, 2.75) is 32.4 Å². The first-order chi connectivity index (χ1) is 12.6. The zero-order valence-corrected chi connectivity index (χ0v) is 19.2. The van der Waals surface area contributed by atoms with E-state index < -0.39 is 11.6 Å². The minimum Gasteiger partial charge on any atom is -0.649 e. The van der Waals surface area contributed by atoms with Crippen LogP contribution in [-0.2, 0) is 11.6 Å². The van der Waals surface area contributed by atoms with Gasteiger partial charge in [-0.1, -0.05) is 17.8 Å². The number of nitrogens with zero attached hydrogens (tertiary/aromatic N) is 3. The number of allylic oxidation sites excluding steroid dienone is 1. The van der Waals surface area contributed by atoms with E-state index in [1.165, 1.54) is 26.0 Å². The molecule has 0 fully saturated rings. The first-order valence-electron chi connectivity index (χ1n) is 8.32. The molecule has 1 aliphatic heterocycles. The van der Waals surface area contributed by atoms with Gasteiger partial charge < -0.3 is 5.32 Å². The molecule has 1 aliphatic rings. The number of benzene rings is 1. The average Bonchev–Trinajstić information content (AvgIpc) is 3.38. The van der Waals surface area contributed by atoms with Crippen molar-refractivity contribution >= 4 is 17.8 Å². The first-order valence-corrected chi connectivity index (χ1v) is 8.32. The van der Waals surface area contributed by atoms with E-state index in [0.717, 1.165) is 6.92 Å². The number of rotatable bonds is 5. The van der Waals surface area contributed by atoms with Crippen molar-refractivity contribution < 1.29 is 64.6 Å². The number of hydrogen-bond acceptors (Lipinski definition) is 2. The summed E-state index contributed by atoms with van der Waals surface area (Å²) in [5.41, 5.74) is 0.724. The third-order valence-corrected chi connectivity index (χ3v) is 4.11. The van der Waals surface area contributed by atoms with E-state index in [1.807, 2.05) is 6.07 Å². The summed E-state index contributed by atoms with van der Waals surface area (Å²) >= 11 is 0. The van der Waals surface area contributed by atoms with Crippen LogP contribution < -0.4 is 51.4 Å². The molecule has 0 saturated heterocycles. The summed E-state index contributed by atoms with van der Waals surface area (Å²) in [4.78, 5) is 4.38. The summed E-state index contributed by atoms with van der Waals surface area (Å²) in [7, 11) is 0. The fourth-order valence-corrected chi connectivity index (χ4v) is 2.54. The summed E-state index contributed by atoms with van der Waals surface area (Å²) in [6.45, 7) is 3.45. The van der Waals surface area contributed by atoms with Crippen LogP contribution in [0.4, 0.5) is 13.2 Å². The molecule has 138 valence electrons. The Labute approximate surface area is 204 Å². The van der Waals surface area contributed by atoms with Gasteiger partial charge in [-0.05, 0) is 61.4 Å². The fraction of sp³-hybridized carbons (Fsp3) is 0.238. The van der Waals surface area contributed by atoms with Crippen LogP contribution in [0.25, 0.3) is 23.2 Å². The van der Waals surface area contributed by atoms with Gasteiger partial charge in [-0.25, -0.2) is 13.2 Å². The third kappa shape index (κ3) is 5.55.